The van der Waals surface area contributed by atoms with Crippen molar-refractivity contribution in [2.75, 3.05) is 5.32 Å². The molecule has 0 amide bonds. The summed E-state index contributed by atoms with van der Waals surface area (Å²) in [5.41, 5.74) is 1.64. The van der Waals surface area contributed by atoms with Crippen LogP contribution in [0.3, 0.4) is 0 Å². The smallest absolute Gasteiger partial charge is 0.126 e. The van der Waals surface area contributed by atoms with Crippen molar-refractivity contribution >= 4 is 5.69 Å². The number of nitriles is 1. The first-order valence-corrected chi connectivity index (χ1v) is 4.97. The molecule has 5 heteroatoms. The highest BCUT2D eigenvalue weighted by atomic mass is 19.1. The van der Waals surface area contributed by atoms with Crippen LogP contribution in [0.15, 0.2) is 36.8 Å². The molecule has 1 heterocycles. The molecule has 0 fully saturated rings. The highest BCUT2D eigenvalue weighted by molar-refractivity contribution is 5.49. The van der Waals surface area contributed by atoms with Gasteiger partial charge >= 0.3 is 0 Å². The predicted molar refractivity (Wildman–Crippen MR) is 60.5 cm³/mol. The van der Waals surface area contributed by atoms with Crippen molar-refractivity contribution in [1.82, 2.24) is 9.97 Å². The zero-order chi connectivity index (χ0) is 12.1. The topological polar surface area (TPSA) is 61.6 Å². The van der Waals surface area contributed by atoms with E-state index in [0.29, 0.717) is 12.2 Å². The summed E-state index contributed by atoms with van der Waals surface area (Å²) >= 11 is 0. The number of rotatable bonds is 3. The minimum absolute atomic E-state index is 0.287. The molecule has 0 atom stereocenters. The van der Waals surface area contributed by atoms with E-state index in [1.165, 1.54) is 18.5 Å². The molecular formula is C12H9FN4. The van der Waals surface area contributed by atoms with E-state index in [2.05, 4.69) is 15.3 Å². The standard InChI is InChI=1S/C12H9FN4/c13-10-3-9(6-14)4-12(5-10)16-7-11-1-2-15-8-17-11/h1-5,8,16H,7H2. The number of benzene rings is 1. The lowest BCUT2D eigenvalue weighted by Gasteiger charge is -2.06. The van der Waals surface area contributed by atoms with E-state index >= 15 is 0 Å². The molecule has 0 saturated heterocycles. The molecule has 0 aliphatic heterocycles. The van der Waals surface area contributed by atoms with Gasteiger partial charge in [0.25, 0.3) is 0 Å². The highest BCUT2D eigenvalue weighted by Gasteiger charge is 2.00. The molecule has 1 N–H and O–H groups in total. The Labute approximate surface area is 97.8 Å². The summed E-state index contributed by atoms with van der Waals surface area (Å²) < 4.78 is 13.1. The van der Waals surface area contributed by atoms with Crippen molar-refractivity contribution in [1.29, 1.82) is 5.26 Å². The maximum absolute atomic E-state index is 13.1. The molecule has 84 valence electrons. The Kier molecular flexibility index (Phi) is 3.26. The molecule has 1 aromatic carbocycles. The second-order valence-electron chi connectivity index (χ2n) is 3.39. The fraction of sp³-hybridized carbons (Fsp3) is 0.0833. The fourth-order valence-electron chi connectivity index (χ4n) is 1.37. The van der Waals surface area contributed by atoms with Gasteiger partial charge in [-0.1, -0.05) is 0 Å². The van der Waals surface area contributed by atoms with Gasteiger partial charge in [-0.3, -0.25) is 0 Å². The fourth-order valence-corrected chi connectivity index (χ4v) is 1.37. The Morgan fingerprint density at radius 2 is 2.24 bits per heavy atom. The van der Waals surface area contributed by atoms with Crippen LogP contribution in [-0.4, -0.2) is 9.97 Å². The summed E-state index contributed by atoms with van der Waals surface area (Å²) in [5, 5.41) is 11.7. The molecule has 0 spiro atoms. The first-order valence-electron chi connectivity index (χ1n) is 4.97. The van der Waals surface area contributed by atoms with Crippen molar-refractivity contribution in [2.24, 2.45) is 0 Å². The largest absolute Gasteiger partial charge is 0.379 e. The van der Waals surface area contributed by atoms with Crippen LogP contribution < -0.4 is 5.32 Å². The van der Waals surface area contributed by atoms with Crippen LogP contribution in [-0.2, 0) is 6.54 Å². The normalized spacial score (nSPS) is 9.65. The third kappa shape index (κ3) is 2.98. The van der Waals surface area contributed by atoms with Crippen LogP contribution in [0.5, 0.6) is 0 Å². The zero-order valence-corrected chi connectivity index (χ0v) is 8.89. The Hall–Kier alpha value is -2.48. The van der Waals surface area contributed by atoms with Crippen LogP contribution in [0.1, 0.15) is 11.3 Å². The summed E-state index contributed by atoms with van der Waals surface area (Å²) in [6.07, 6.45) is 3.08. The van der Waals surface area contributed by atoms with Crippen LogP contribution in [0.25, 0.3) is 0 Å². The molecule has 2 aromatic rings. The molecule has 0 aliphatic rings. The number of nitrogens with zero attached hydrogens (tertiary/aromatic N) is 3. The van der Waals surface area contributed by atoms with Gasteiger partial charge in [-0.05, 0) is 24.3 Å². The van der Waals surface area contributed by atoms with E-state index in [9.17, 15) is 4.39 Å². The summed E-state index contributed by atoms with van der Waals surface area (Å²) in [6.45, 7) is 0.455. The van der Waals surface area contributed by atoms with Crippen LogP contribution >= 0.6 is 0 Å². The van der Waals surface area contributed by atoms with E-state index < -0.39 is 5.82 Å². The van der Waals surface area contributed by atoms with Gasteiger partial charge in [-0.2, -0.15) is 5.26 Å². The molecule has 17 heavy (non-hydrogen) atoms. The maximum atomic E-state index is 13.1. The van der Waals surface area contributed by atoms with Gasteiger partial charge in [0, 0.05) is 11.9 Å². The van der Waals surface area contributed by atoms with E-state index in [1.54, 1.807) is 18.3 Å². The van der Waals surface area contributed by atoms with Crippen LogP contribution in [0.4, 0.5) is 10.1 Å². The highest BCUT2D eigenvalue weighted by Crippen LogP contribution is 2.14. The number of hydrogen-bond donors (Lipinski definition) is 1. The van der Waals surface area contributed by atoms with Crippen molar-refractivity contribution < 1.29 is 4.39 Å². The predicted octanol–water partition coefficient (Wildman–Crippen LogP) is 2.10. The number of anilines is 1. The number of nitrogens with one attached hydrogen (secondary N) is 1. The third-order valence-corrected chi connectivity index (χ3v) is 2.14. The SMILES string of the molecule is N#Cc1cc(F)cc(NCc2ccncn2)c1. The van der Waals surface area contributed by atoms with E-state index in [0.717, 1.165) is 5.69 Å². The number of aromatic nitrogens is 2. The van der Waals surface area contributed by atoms with E-state index in [-0.39, 0.29) is 5.56 Å². The number of hydrogen-bond acceptors (Lipinski definition) is 4. The Bertz CT molecular complexity index is 548. The van der Waals surface area contributed by atoms with Crippen molar-refractivity contribution in [3.05, 3.63) is 53.9 Å². The molecule has 0 aliphatic carbocycles. The zero-order valence-electron chi connectivity index (χ0n) is 8.89. The van der Waals surface area contributed by atoms with Crippen molar-refractivity contribution in [3.8, 4) is 6.07 Å². The Morgan fingerprint density at radius 1 is 1.35 bits per heavy atom. The first kappa shape index (κ1) is 11.0. The van der Waals surface area contributed by atoms with Gasteiger partial charge in [-0.25, -0.2) is 14.4 Å². The maximum Gasteiger partial charge on any atom is 0.126 e. The third-order valence-electron chi connectivity index (χ3n) is 2.14. The summed E-state index contributed by atoms with van der Waals surface area (Å²) in [5.74, 6) is -0.436. The van der Waals surface area contributed by atoms with E-state index in [1.807, 2.05) is 6.07 Å². The van der Waals surface area contributed by atoms with Crippen molar-refractivity contribution in [3.63, 3.8) is 0 Å². The van der Waals surface area contributed by atoms with Crippen LogP contribution in [0, 0.1) is 17.1 Å². The average Bonchev–Trinajstić information content (AvgIpc) is 2.37. The minimum Gasteiger partial charge on any atom is -0.379 e. The monoisotopic (exact) mass is 228 g/mol. The molecule has 0 saturated carbocycles. The van der Waals surface area contributed by atoms with E-state index in [4.69, 9.17) is 5.26 Å². The van der Waals surface area contributed by atoms with Gasteiger partial charge in [0.05, 0.1) is 23.9 Å². The molecule has 0 bridgehead atoms. The molecule has 2 rings (SSSR count). The van der Waals surface area contributed by atoms with Gasteiger partial charge in [0.2, 0.25) is 0 Å². The van der Waals surface area contributed by atoms with Crippen LogP contribution in [0.2, 0.25) is 0 Å². The summed E-state index contributed by atoms with van der Waals surface area (Å²) in [4.78, 5) is 7.83. The second kappa shape index (κ2) is 5.03. The van der Waals surface area contributed by atoms with Gasteiger partial charge in [-0.15, -0.1) is 0 Å². The second-order valence-corrected chi connectivity index (χ2v) is 3.39. The summed E-state index contributed by atoms with van der Waals surface area (Å²) in [6, 6.07) is 7.78. The lowest BCUT2D eigenvalue weighted by Crippen LogP contribution is -2.02. The molecule has 0 radical (unpaired) electrons. The summed E-state index contributed by atoms with van der Waals surface area (Å²) in [7, 11) is 0. The van der Waals surface area contributed by atoms with Gasteiger partial charge < -0.3 is 5.32 Å². The lowest BCUT2D eigenvalue weighted by molar-refractivity contribution is 0.627. The molecule has 4 nitrogen and oxygen atoms in total. The minimum atomic E-state index is -0.436. The lowest BCUT2D eigenvalue weighted by atomic mass is 10.2. The quantitative estimate of drug-likeness (QED) is 0.873. The molecular weight excluding hydrogens is 219 g/mol. The Morgan fingerprint density at radius 3 is 2.94 bits per heavy atom. The van der Waals surface area contributed by atoms with Crippen molar-refractivity contribution in [2.45, 2.75) is 6.54 Å². The first-order chi connectivity index (χ1) is 8.28. The average molecular weight is 228 g/mol. The number of halogens is 1. The Balaban J connectivity index is 2.10. The molecule has 0 unspecified atom stereocenters. The molecule has 1 aromatic heterocycles. The van der Waals surface area contributed by atoms with Gasteiger partial charge in [0.1, 0.15) is 12.1 Å². The van der Waals surface area contributed by atoms with Gasteiger partial charge in [0.15, 0.2) is 0 Å².